The number of rotatable bonds is 1. The lowest BCUT2D eigenvalue weighted by molar-refractivity contribution is 0.362. The second-order valence-electron chi connectivity index (χ2n) is 5.03. The van der Waals surface area contributed by atoms with E-state index in [2.05, 4.69) is 24.2 Å². The van der Waals surface area contributed by atoms with Crippen LogP contribution in [0.5, 0.6) is 0 Å². The van der Waals surface area contributed by atoms with Crippen LogP contribution in [0.25, 0.3) is 0 Å². The fraction of sp³-hybridized carbons (Fsp3) is 0.417. The molecular weight excluding hydrogens is 200 g/mol. The molecule has 0 atom stereocenters. The summed E-state index contributed by atoms with van der Waals surface area (Å²) >= 11 is 0. The van der Waals surface area contributed by atoms with Crippen molar-refractivity contribution < 1.29 is 0 Å². The summed E-state index contributed by atoms with van der Waals surface area (Å²) in [5.74, 6) is 0.908. The third-order valence-electron chi connectivity index (χ3n) is 2.76. The number of aliphatic imine (C=N–C) groups is 1. The van der Waals surface area contributed by atoms with E-state index in [1.54, 1.807) is 0 Å². The van der Waals surface area contributed by atoms with Gasteiger partial charge < -0.3 is 16.8 Å². The first kappa shape index (κ1) is 10.8. The van der Waals surface area contributed by atoms with E-state index < -0.39 is 0 Å². The highest BCUT2D eigenvalue weighted by atomic mass is 15.0. The number of anilines is 2. The van der Waals surface area contributed by atoms with Gasteiger partial charge in [-0.2, -0.15) is 0 Å². The fourth-order valence-electron chi connectivity index (χ4n) is 1.64. The number of amidine groups is 1. The van der Waals surface area contributed by atoms with Crippen molar-refractivity contribution >= 4 is 17.2 Å². The van der Waals surface area contributed by atoms with Gasteiger partial charge in [-0.05, 0) is 18.2 Å². The summed E-state index contributed by atoms with van der Waals surface area (Å²) in [6.07, 6.45) is 0. The first-order chi connectivity index (χ1) is 7.48. The van der Waals surface area contributed by atoms with Crippen molar-refractivity contribution in [1.29, 1.82) is 0 Å². The summed E-state index contributed by atoms with van der Waals surface area (Å²) in [6.45, 7) is 6.14. The molecule has 1 aliphatic rings. The smallest absolute Gasteiger partial charge is 0.128 e. The first-order valence-corrected chi connectivity index (χ1v) is 5.42. The Bertz CT molecular complexity index is 435. The minimum atomic E-state index is 0.225. The summed E-state index contributed by atoms with van der Waals surface area (Å²) in [7, 11) is 0. The Labute approximate surface area is 95.7 Å². The number of hydrogen-bond acceptors (Lipinski definition) is 4. The summed E-state index contributed by atoms with van der Waals surface area (Å²) in [5.41, 5.74) is 13.9. The molecule has 0 unspecified atom stereocenters. The lowest BCUT2D eigenvalue weighted by atomic mass is 9.92. The highest BCUT2D eigenvalue weighted by Gasteiger charge is 2.22. The van der Waals surface area contributed by atoms with Crippen molar-refractivity contribution in [3.05, 3.63) is 23.8 Å². The molecule has 2 rings (SSSR count). The van der Waals surface area contributed by atoms with Gasteiger partial charge in [0.2, 0.25) is 0 Å². The molecule has 0 amide bonds. The van der Waals surface area contributed by atoms with Crippen LogP contribution in [-0.4, -0.2) is 18.9 Å². The van der Waals surface area contributed by atoms with Crippen molar-refractivity contribution in [2.45, 2.75) is 13.8 Å². The Balaban J connectivity index is 2.26. The lowest BCUT2D eigenvalue weighted by Gasteiger charge is -2.29. The van der Waals surface area contributed by atoms with Gasteiger partial charge in [0.05, 0.1) is 11.4 Å². The molecule has 1 aliphatic heterocycles. The van der Waals surface area contributed by atoms with Crippen LogP contribution in [0.4, 0.5) is 11.4 Å². The van der Waals surface area contributed by atoms with Gasteiger partial charge in [-0.3, -0.25) is 4.99 Å². The molecule has 0 spiro atoms. The van der Waals surface area contributed by atoms with Gasteiger partial charge in [0.1, 0.15) is 5.84 Å². The Morgan fingerprint density at radius 3 is 2.56 bits per heavy atom. The molecule has 0 saturated heterocycles. The van der Waals surface area contributed by atoms with Crippen molar-refractivity contribution in [3.8, 4) is 0 Å². The zero-order valence-corrected chi connectivity index (χ0v) is 9.75. The molecule has 0 saturated carbocycles. The third kappa shape index (κ3) is 2.10. The van der Waals surface area contributed by atoms with Crippen LogP contribution in [0, 0.1) is 5.41 Å². The van der Waals surface area contributed by atoms with Crippen molar-refractivity contribution in [3.63, 3.8) is 0 Å². The number of nitrogen functional groups attached to an aromatic ring is 2. The zero-order valence-electron chi connectivity index (χ0n) is 9.75. The summed E-state index contributed by atoms with van der Waals surface area (Å²) < 4.78 is 0. The van der Waals surface area contributed by atoms with Crippen LogP contribution >= 0.6 is 0 Å². The van der Waals surface area contributed by atoms with E-state index in [0.717, 1.165) is 24.5 Å². The van der Waals surface area contributed by atoms with Gasteiger partial charge in [-0.1, -0.05) is 13.8 Å². The molecule has 0 bridgehead atoms. The number of benzene rings is 1. The van der Waals surface area contributed by atoms with E-state index in [-0.39, 0.29) is 5.41 Å². The Morgan fingerprint density at radius 1 is 1.25 bits per heavy atom. The molecule has 0 radical (unpaired) electrons. The van der Waals surface area contributed by atoms with Crippen molar-refractivity contribution in [1.82, 2.24) is 5.32 Å². The van der Waals surface area contributed by atoms with E-state index in [9.17, 15) is 0 Å². The monoisotopic (exact) mass is 218 g/mol. The van der Waals surface area contributed by atoms with Gasteiger partial charge in [0.25, 0.3) is 0 Å². The molecule has 4 nitrogen and oxygen atoms in total. The van der Waals surface area contributed by atoms with Crippen LogP contribution in [0.1, 0.15) is 19.4 Å². The van der Waals surface area contributed by atoms with Crippen LogP contribution in [0.3, 0.4) is 0 Å². The molecule has 1 aromatic carbocycles. The summed E-state index contributed by atoms with van der Waals surface area (Å²) in [6, 6.07) is 5.62. The molecule has 0 aromatic heterocycles. The van der Waals surface area contributed by atoms with E-state index in [1.165, 1.54) is 0 Å². The van der Waals surface area contributed by atoms with Gasteiger partial charge in [0.15, 0.2) is 0 Å². The average molecular weight is 218 g/mol. The van der Waals surface area contributed by atoms with Crippen LogP contribution in [-0.2, 0) is 0 Å². The largest absolute Gasteiger partial charge is 0.397 e. The molecule has 1 heterocycles. The highest BCUT2D eigenvalue weighted by molar-refractivity contribution is 6.00. The number of hydrogen-bond donors (Lipinski definition) is 3. The number of nitrogens with zero attached hydrogens (tertiary/aromatic N) is 1. The second-order valence-corrected chi connectivity index (χ2v) is 5.03. The van der Waals surface area contributed by atoms with E-state index in [4.69, 9.17) is 11.5 Å². The van der Waals surface area contributed by atoms with E-state index in [1.807, 2.05) is 18.2 Å². The van der Waals surface area contributed by atoms with Crippen LogP contribution < -0.4 is 16.8 Å². The lowest BCUT2D eigenvalue weighted by Crippen LogP contribution is -2.41. The fourth-order valence-corrected chi connectivity index (χ4v) is 1.64. The maximum absolute atomic E-state index is 5.77. The molecule has 1 aromatic rings. The quantitative estimate of drug-likeness (QED) is 0.620. The number of nitrogens with two attached hydrogens (primary N) is 2. The standard InChI is InChI=1S/C12H18N4/c1-12(2)6-15-11(16-7-12)8-3-4-9(13)10(14)5-8/h3-5H,6-7,13-14H2,1-2H3,(H,15,16). The van der Waals surface area contributed by atoms with Gasteiger partial charge in [-0.15, -0.1) is 0 Å². The van der Waals surface area contributed by atoms with Crippen LogP contribution in [0.15, 0.2) is 23.2 Å². The average Bonchev–Trinajstić information content (AvgIpc) is 2.22. The van der Waals surface area contributed by atoms with Gasteiger partial charge in [0, 0.05) is 24.1 Å². The third-order valence-corrected chi connectivity index (χ3v) is 2.76. The predicted molar refractivity (Wildman–Crippen MR) is 68.5 cm³/mol. The predicted octanol–water partition coefficient (Wildman–Crippen LogP) is 1.23. The maximum Gasteiger partial charge on any atom is 0.128 e. The highest BCUT2D eigenvalue weighted by Crippen LogP contribution is 2.21. The second kappa shape index (κ2) is 3.70. The molecular formula is C12H18N4. The van der Waals surface area contributed by atoms with Crippen molar-refractivity contribution in [2.24, 2.45) is 10.4 Å². The summed E-state index contributed by atoms with van der Waals surface area (Å²) in [4.78, 5) is 4.53. The molecule has 86 valence electrons. The normalized spacial score (nSPS) is 18.8. The van der Waals surface area contributed by atoms with Gasteiger partial charge >= 0.3 is 0 Å². The zero-order chi connectivity index (χ0) is 11.8. The van der Waals surface area contributed by atoms with Crippen molar-refractivity contribution in [2.75, 3.05) is 24.6 Å². The molecule has 4 heteroatoms. The number of nitrogens with one attached hydrogen (secondary N) is 1. The van der Waals surface area contributed by atoms with E-state index in [0.29, 0.717) is 11.4 Å². The Hall–Kier alpha value is -1.71. The first-order valence-electron chi connectivity index (χ1n) is 5.42. The Kier molecular flexibility index (Phi) is 2.50. The minimum Gasteiger partial charge on any atom is -0.397 e. The Morgan fingerprint density at radius 2 is 2.00 bits per heavy atom. The molecule has 16 heavy (non-hydrogen) atoms. The summed E-state index contributed by atoms with van der Waals surface area (Å²) in [5, 5.41) is 3.33. The molecule has 0 aliphatic carbocycles. The van der Waals surface area contributed by atoms with Crippen LogP contribution in [0.2, 0.25) is 0 Å². The van der Waals surface area contributed by atoms with E-state index >= 15 is 0 Å². The minimum absolute atomic E-state index is 0.225. The SMILES string of the molecule is CC1(C)CN=C(c2ccc(N)c(N)c2)NC1. The van der Waals surface area contributed by atoms with Gasteiger partial charge in [-0.25, -0.2) is 0 Å². The molecule has 0 fully saturated rings. The molecule has 5 N–H and O–H groups in total. The topological polar surface area (TPSA) is 76.4 Å². The maximum atomic E-state index is 5.77.